The third kappa shape index (κ3) is 2.25. The van der Waals surface area contributed by atoms with Crippen LogP contribution in [0, 0.1) is 19.7 Å². The van der Waals surface area contributed by atoms with E-state index in [-0.39, 0.29) is 5.56 Å². The van der Waals surface area contributed by atoms with Crippen LogP contribution in [0.25, 0.3) is 11.1 Å². The first-order valence-corrected chi connectivity index (χ1v) is 5.59. The van der Waals surface area contributed by atoms with Crippen LogP contribution in [0.1, 0.15) is 21.5 Å². The summed E-state index contributed by atoms with van der Waals surface area (Å²) in [5.41, 5.74) is 2.49. The Morgan fingerprint density at radius 2 is 1.56 bits per heavy atom. The molecule has 0 amide bonds. The molecule has 18 heavy (non-hydrogen) atoms. The second-order valence-electron chi connectivity index (χ2n) is 4.34. The Morgan fingerprint density at radius 3 is 2.11 bits per heavy atom. The number of carboxylic acids is 1. The van der Waals surface area contributed by atoms with Crippen molar-refractivity contribution in [2.45, 2.75) is 13.8 Å². The molecule has 2 aromatic carbocycles. The maximum atomic E-state index is 13.9. The SMILES string of the molecule is Cc1ccc(-c2ccc(C)cc2C(=O)O)c(F)c1. The van der Waals surface area contributed by atoms with Crippen molar-refractivity contribution in [1.29, 1.82) is 0 Å². The Kier molecular flexibility index (Phi) is 3.15. The van der Waals surface area contributed by atoms with Gasteiger partial charge in [-0.2, -0.15) is 0 Å². The van der Waals surface area contributed by atoms with Gasteiger partial charge in [-0.05, 0) is 37.1 Å². The minimum atomic E-state index is -1.05. The van der Waals surface area contributed by atoms with Crippen molar-refractivity contribution in [2.24, 2.45) is 0 Å². The van der Waals surface area contributed by atoms with E-state index in [1.165, 1.54) is 6.07 Å². The van der Waals surface area contributed by atoms with Crippen molar-refractivity contribution in [3.05, 3.63) is 58.9 Å². The highest BCUT2D eigenvalue weighted by Gasteiger charge is 2.14. The molecule has 0 aromatic heterocycles. The maximum Gasteiger partial charge on any atom is 0.336 e. The summed E-state index contributed by atoms with van der Waals surface area (Å²) < 4.78 is 13.9. The topological polar surface area (TPSA) is 37.3 Å². The standard InChI is InChI=1S/C15H13FO2/c1-9-3-5-11(13(7-9)15(17)18)12-6-4-10(2)8-14(12)16/h3-8H,1-2H3,(H,17,18). The van der Waals surface area contributed by atoms with Gasteiger partial charge >= 0.3 is 5.97 Å². The Morgan fingerprint density at radius 1 is 1.00 bits per heavy atom. The number of carboxylic acid groups (broad SMARTS) is 1. The number of aromatic carboxylic acids is 1. The summed E-state index contributed by atoms with van der Waals surface area (Å²) >= 11 is 0. The molecule has 0 radical (unpaired) electrons. The van der Waals surface area contributed by atoms with Gasteiger partial charge in [-0.15, -0.1) is 0 Å². The molecule has 0 saturated heterocycles. The van der Waals surface area contributed by atoms with Gasteiger partial charge in [0.15, 0.2) is 0 Å². The van der Waals surface area contributed by atoms with Crippen molar-refractivity contribution in [3.8, 4) is 11.1 Å². The minimum Gasteiger partial charge on any atom is -0.478 e. The quantitative estimate of drug-likeness (QED) is 0.872. The van der Waals surface area contributed by atoms with Gasteiger partial charge in [0.25, 0.3) is 0 Å². The first-order valence-electron chi connectivity index (χ1n) is 5.59. The Bertz CT molecular complexity index is 618. The van der Waals surface area contributed by atoms with Crippen LogP contribution < -0.4 is 0 Å². The summed E-state index contributed by atoms with van der Waals surface area (Å²) in [6, 6.07) is 9.76. The highest BCUT2D eigenvalue weighted by Crippen LogP contribution is 2.27. The molecule has 0 saturated carbocycles. The lowest BCUT2D eigenvalue weighted by Gasteiger charge is -2.09. The van der Waals surface area contributed by atoms with Gasteiger partial charge in [0, 0.05) is 5.56 Å². The average Bonchev–Trinajstić information content (AvgIpc) is 2.29. The summed E-state index contributed by atoms with van der Waals surface area (Å²) in [6.07, 6.45) is 0. The number of hydrogen-bond donors (Lipinski definition) is 1. The zero-order valence-corrected chi connectivity index (χ0v) is 10.2. The van der Waals surface area contributed by atoms with Crippen molar-refractivity contribution < 1.29 is 14.3 Å². The highest BCUT2D eigenvalue weighted by molar-refractivity contribution is 5.96. The zero-order valence-electron chi connectivity index (χ0n) is 10.2. The first-order chi connectivity index (χ1) is 8.49. The lowest BCUT2D eigenvalue weighted by Crippen LogP contribution is -2.01. The van der Waals surface area contributed by atoms with E-state index in [4.69, 9.17) is 0 Å². The molecule has 0 spiro atoms. The summed E-state index contributed by atoms with van der Waals surface area (Å²) in [5, 5.41) is 9.17. The molecule has 0 unspecified atom stereocenters. The van der Waals surface area contributed by atoms with E-state index in [0.717, 1.165) is 11.1 Å². The fourth-order valence-electron chi connectivity index (χ4n) is 1.91. The Labute approximate surface area is 105 Å². The molecule has 92 valence electrons. The monoisotopic (exact) mass is 244 g/mol. The van der Waals surface area contributed by atoms with Gasteiger partial charge in [-0.3, -0.25) is 0 Å². The van der Waals surface area contributed by atoms with E-state index < -0.39 is 11.8 Å². The van der Waals surface area contributed by atoms with Gasteiger partial charge in [0.1, 0.15) is 5.82 Å². The van der Waals surface area contributed by atoms with E-state index >= 15 is 0 Å². The molecule has 2 nitrogen and oxygen atoms in total. The van der Waals surface area contributed by atoms with Crippen LogP contribution in [0.15, 0.2) is 36.4 Å². The minimum absolute atomic E-state index is 0.123. The smallest absolute Gasteiger partial charge is 0.336 e. The molecule has 0 aliphatic carbocycles. The summed E-state index contributed by atoms with van der Waals surface area (Å²) in [7, 11) is 0. The van der Waals surface area contributed by atoms with Crippen molar-refractivity contribution >= 4 is 5.97 Å². The van der Waals surface area contributed by atoms with Crippen LogP contribution >= 0.6 is 0 Å². The molecule has 3 heteroatoms. The van der Waals surface area contributed by atoms with Crippen LogP contribution in [0.4, 0.5) is 4.39 Å². The maximum absolute atomic E-state index is 13.9. The van der Waals surface area contributed by atoms with Gasteiger partial charge in [-0.25, -0.2) is 9.18 Å². The van der Waals surface area contributed by atoms with Gasteiger partial charge < -0.3 is 5.11 Å². The normalized spacial score (nSPS) is 10.4. The van der Waals surface area contributed by atoms with E-state index in [1.807, 2.05) is 6.92 Å². The van der Waals surface area contributed by atoms with Gasteiger partial charge in [0.05, 0.1) is 5.56 Å². The number of rotatable bonds is 2. The fourth-order valence-corrected chi connectivity index (χ4v) is 1.91. The predicted molar refractivity (Wildman–Crippen MR) is 68.3 cm³/mol. The molecular formula is C15H13FO2. The molecule has 0 heterocycles. The molecular weight excluding hydrogens is 231 g/mol. The number of aryl methyl sites for hydroxylation is 2. The molecule has 0 aliphatic rings. The van der Waals surface area contributed by atoms with E-state index in [9.17, 15) is 14.3 Å². The Balaban J connectivity index is 2.67. The summed E-state index contributed by atoms with van der Waals surface area (Å²) in [5.74, 6) is -1.45. The van der Waals surface area contributed by atoms with Crippen LogP contribution in [-0.2, 0) is 0 Å². The van der Waals surface area contributed by atoms with Gasteiger partial charge in [0.2, 0.25) is 0 Å². The highest BCUT2D eigenvalue weighted by atomic mass is 19.1. The second kappa shape index (κ2) is 4.61. The Hall–Kier alpha value is -2.16. The third-order valence-electron chi connectivity index (χ3n) is 2.82. The summed E-state index contributed by atoms with van der Waals surface area (Å²) in [6.45, 7) is 3.60. The van der Waals surface area contributed by atoms with Gasteiger partial charge in [-0.1, -0.05) is 29.8 Å². The molecule has 2 rings (SSSR count). The van der Waals surface area contributed by atoms with Crippen molar-refractivity contribution in [3.63, 3.8) is 0 Å². The lowest BCUT2D eigenvalue weighted by molar-refractivity contribution is 0.0697. The average molecular weight is 244 g/mol. The van der Waals surface area contributed by atoms with E-state index in [2.05, 4.69) is 0 Å². The van der Waals surface area contributed by atoms with E-state index in [0.29, 0.717) is 11.1 Å². The van der Waals surface area contributed by atoms with Crippen molar-refractivity contribution in [2.75, 3.05) is 0 Å². The molecule has 0 fully saturated rings. The number of carbonyl (C=O) groups is 1. The molecule has 1 N–H and O–H groups in total. The van der Waals surface area contributed by atoms with E-state index in [1.54, 1.807) is 37.3 Å². The summed E-state index contributed by atoms with van der Waals surface area (Å²) in [4.78, 5) is 11.2. The van der Waals surface area contributed by atoms with Crippen LogP contribution in [0.2, 0.25) is 0 Å². The van der Waals surface area contributed by atoms with Crippen LogP contribution in [0.3, 0.4) is 0 Å². The molecule has 0 aliphatic heterocycles. The molecule has 2 aromatic rings. The molecule has 0 atom stereocenters. The molecule has 0 bridgehead atoms. The third-order valence-corrected chi connectivity index (χ3v) is 2.82. The lowest BCUT2D eigenvalue weighted by atomic mass is 9.96. The van der Waals surface area contributed by atoms with Crippen LogP contribution in [-0.4, -0.2) is 11.1 Å². The largest absolute Gasteiger partial charge is 0.478 e. The zero-order chi connectivity index (χ0) is 13.3. The van der Waals surface area contributed by atoms with Crippen molar-refractivity contribution in [1.82, 2.24) is 0 Å². The second-order valence-corrected chi connectivity index (χ2v) is 4.34. The van der Waals surface area contributed by atoms with Crippen LogP contribution in [0.5, 0.6) is 0 Å². The fraction of sp³-hybridized carbons (Fsp3) is 0.133. The number of hydrogen-bond acceptors (Lipinski definition) is 1. The number of halogens is 1. The predicted octanol–water partition coefficient (Wildman–Crippen LogP) is 3.81. The number of benzene rings is 2. The first kappa shape index (κ1) is 12.3.